The third-order valence-electron chi connectivity index (χ3n) is 5.28. The molecule has 0 spiro atoms. The standard InChI is InChI=1S/C23H31N3O5S/c1-18-7-8-22(30-2)21(13-18)26(32(3,28)29)17-23(27)24-15-19-5-4-6-20(14-19)16-25-9-11-31-12-10-25/h4-8,13-14H,9-12,15-17H2,1-3H3,(H,24,27). The minimum absolute atomic E-state index is 0.318. The van der Waals surface area contributed by atoms with E-state index in [9.17, 15) is 13.2 Å². The van der Waals surface area contributed by atoms with Gasteiger partial charge in [0.2, 0.25) is 15.9 Å². The number of ether oxygens (including phenoxy) is 2. The number of methoxy groups -OCH3 is 1. The number of nitrogens with zero attached hydrogens (tertiary/aromatic N) is 2. The Morgan fingerprint density at radius 3 is 2.56 bits per heavy atom. The lowest BCUT2D eigenvalue weighted by Crippen LogP contribution is -2.40. The number of hydrogen-bond acceptors (Lipinski definition) is 6. The third-order valence-corrected chi connectivity index (χ3v) is 6.41. The highest BCUT2D eigenvalue weighted by Crippen LogP contribution is 2.30. The van der Waals surface area contributed by atoms with Crippen LogP contribution < -0.4 is 14.4 Å². The van der Waals surface area contributed by atoms with E-state index in [1.54, 1.807) is 12.1 Å². The second kappa shape index (κ2) is 10.8. The molecule has 32 heavy (non-hydrogen) atoms. The number of benzene rings is 2. The molecule has 0 atom stereocenters. The lowest BCUT2D eigenvalue weighted by atomic mass is 10.1. The van der Waals surface area contributed by atoms with Crippen molar-refractivity contribution >= 4 is 21.6 Å². The van der Waals surface area contributed by atoms with Gasteiger partial charge >= 0.3 is 0 Å². The number of hydrogen-bond donors (Lipinski definition) is 1. The molecule has 1 amide bonds. The minimum Gasteiger partial charge on any atom is -0.495 e. The molecule has 1 heterocycles. The first kappa shape index (κ1) is 24.0. The van der Waals surface area contributed by atoms with Crippen molar-refractivity contribution in [3.8, 4) is 5.75 Å². The van der Waals surface area contributed by atoms with Crippen molar-refractivity contribution in [3.05, 3.63) is 59.2 Å². The van der Waals surface area contributed by atoms with E-state index in [4.69, 9.17) is 9.47 Å². The molecule has 0 radical (unpaired) electrons. The summed E-state index contributed by atoms with van der Waals surface area (Å²) in [6.07, 6.45) is 1.08. The van der Waals surface area contributed by atoms with E-state index < -0.39 is 15.9 Å². The van der Waals surface area contributed by atoms with Crippen molar-refractivity contribution in [2.24, 2.45) is 0 Å². The number of carbonyl (C=O) groups is 1. The molecule has 2 aromatic rings. The van der Waals surface area contributed by atoms with Gasteiger partial charge in [0.15, 0.2) is 0 Å². The Bertz CT molecular complexity index is 1040. The van der Waals surface area contributed by atoms with Crippen LogP contribution in [0.2, 0.25) is 0 Å². The summed E-state index contributed by atoms with van der Waals surface area (Å²) in [6, 6.07) is 13.3. The molecule has 0 unspecified atom stereocenters. The van der Waals surface area contributed by atoms with E-state index in [1.807, 2.05) is 25.1 Å². The molecule has 2 aromatic carbocycles. The van der Waals surface area contributed by atoms with E-state index in [0.29, 0.717) is 18.0 Å². The Kier molecular flexibility index (Phi) is 8.11. The highest BCUT2D eigenvalue weighted by atomic mass is 32.2. The number of amides is 1. The molecule has 3 rings (SSSR count). The number of carbonyl (C=O) groups excluding carboxylic acids is 1. The van der Waals surface area contributed by atoms with Crippen molar-refractivity contribution in [2.75, 3.05) is 50.5 Å². The summed E-state index contributed by atoms with van der Waals surface area (Å²) >= 11 is 0. The molecular formula is C23H31N3O5S. The Balaban J connectivity index is 1.65. The number of rotatable bonds is 9. The average Bonchev–Trinajstić information content (AvgIpc) is 2.76. The van der Waals surface area contributed by atoms with Crippen LogP contribution in [0.25, 0.3) is 0 Å². The molecule has 174 valence electrons. The molecule has 0 aromatic heterocycles. The molecule has 0 bridgehead atoms. The highest BCUT2D eigenvalue weighted by Gasteiger charge is 2.24. The largest absolute Gasteiger partial charge is 0.495 e. The number of sulfonamides is 1. The van der Waals surface area contributed by atoms with Crippen LogP contribution in [0.1, 0.15) is 16.7 Å². The van der Waals surface area contributed by atoms with Gasteiger partial charge in [0.1, 0.15) is 12.3 Å². The van der Waals surface area contributed by atoms with Crippen molar-refractivity contribution in [3.63, 3.8) is 0 Å². The predicted octanol–water partition coefficient (Wildman–Crippen LogP) is 1.92. The van der Waals surface area contributed by atoms with Gasteiger partial charge in [0.05, 0.1) is 32.3 Å². The van der Waals surface area contributed by atoms with Gasteiger partial charge in [0, 0.05) is 26.2 Å². The third kappa shape index (κ3) is 6.69. The molecule has 1 N–H and O–H groups in total. The zero-order valence-electron chi connectivity index (χ0n) is 18.8. The van der Waals surface area contributed by atoms with Crippen LogP contribution in [-0.4, -0.2) is 65.4 Å². The Morgan fingerprint density at radius 1 is 1.16 bits per heavy atom. The second-order valence-electron chi connectivity index (χ2n) is 7.93. The first-order valence-electron chi connectivity index (χ1n) is 10.5. The van der Waals surface area contributed by atoms with Gasteiger partial charge in [-0.3, -0.25) is 14.0 Å². The Hall–Kier alpha value is -2.62. The molecule has 1 aliphatic rings. The molecule has 1 saturated heterocycles. The van der Waals surface area contributed by atoms with Crippen LogP contribution in [0.15, 0.2) is 42.5 Å². The number of morpholine rings is 1. The fourth-order valence-corrected chi connectivity index (χ4v) is 4.47. The second-order valence-corrected chi connectivity index (χ2v) is 9.84. The molecule has 1 fully saturated rings. The van der Waals surface area contributed by atoms with Gasteiger partial charge in [-0.25, -0.2) is 8.42 Å². The summed E-state index contributed by atoms with van der Waals surface area (Å²) in [5.74, 6) is 0.00204. The topological polar surface area (TPSA) is 88.2 Å². The van der Waals surface area contributed by atoms with Crippen LogP contribution >= 0.6 is 0 Å². The van der Waals surface area contributed by atoms with Gasteiger partial charge in [-0.1, -0.05) is 30.3 Å². The number of nitrogens with one attached hydrogen (secondary N) is 1. The van der Waals surface area contributed by atoms with Crippen LogP contribution in [0.4, 0.5) is 5.69 Å². The van der Waals surface area contributed by atoms with Gasteiger partial charge in [0.25, 0.3) is 0 Å². The van der Waals surface area contributed by atoms with E-state index in [2.05, 4.69) is 22.3 Å². The molecule has 8 nitrogen and oxygen atoms in total. The van der Waals surface area contributed by atoms with Crippen LogP contribution in [-0.2, 0) is 32.6 Å². The fourth-order valence-electron chi connectivity index (χ4n) is 3.62. The quantitative estimate of drug-likeness (QED) is 0.614. The molecular weight excluding hydrogens is 430 g/mol. The molecule has 9 heteroatoms. The first-order valence-corrected chi connectivity index (χ1v) is 12.4. The summed E-state index contributed by atoms with van der Waals surface area (Å²) in [6.45, 7) is 5.99. The first-order chi connectivity index (χ1) is 15.3. The summed E-state index contributed by atoms with van der Waals surface area (Å²) < 4.78 is 36.6. The summed E-state index contributed by atoms with van der Waals surface area (Å²) in [7, 11) is -2.22. The van der Waals surface area contributed by atoms with Crippen molar-refractivity contribution in [2.45, 2.75) is 20.0 Å². The maximum Gasteiger partial charge on any atom is 0.241 e. The van der Waals surface area contributed by atoms with Crippen molar-refractivity contribution < 1.29 is 22.7 Å². The number of aryl methyl sites for hydroxylation is 1. The van der Waals surface area contributed by atoms with E-state index >= 15 is 0 Å². The maximum absolute atomic E-state index is 12.7. The van der Waals surface area contributed by atoms with Gasteiger partial charge in [-0.05, 0) is 35.7 Å². The SMILES string of the molecule is COc1ccc(C)cc1N(CC(=O)NCc1cccc(CN2CCOCC2)c1)S(C)(=O)=O. The average molecular weight is 462 g/mol. The summed E-state index contributed by atoms with van der Waals surface area (Å²) in [5.41, 5.74) is 3.34. The minimum atomic E-state index is -3.69. The van der Waals surface area contributed by atoms with E-state index in [1.165, 1.54) is 12.7 Å². The number of anilines is 1. The normalized spacial score (nSPS) is 14.7. The molecule has 0 saturated carbocycles. The zero-order chi connectivity index (χ0) is 23.1. The highest BCUT2D eigenvalue weighted by molar-refractivity contribution is 7.92. The van der Waals surface area contributed by atoms with Crippen LogP contribution in [0, 0.1) is 6.92 Å². The van der Waals surface area contributed by atoms with Crippen molar-refractivity contribution in [1.82, 2.24) is 10.2 Å². The van der Waals surface area contributed by atoms with Gasteiger partial charge in [-0.15, -0.1) is 0 Å². The lowest BCUT2D eigenvalue weighted by Gasteiger charge is -2.26. The predicted molar refractivity (Wildman–Crippen MR) is 124 cm³/mol. The van der Waals surface area contributed by atoms with Crippen LogP contribution in [0.3, 0.4) is 0 Å². The maximum atomic E-state index is 12.7. The van der Waals surface area contributed by atoms with E-state index in [0.717, 1.165) is 54.5 Å². The summed E-state index contributed by atoms with van der Waals surface area (Å²) in [5, 5.41) is 2.83. The smallest absolute Gasteiger partial charge is 0.241 e. The monoisotopic (exact) mass is 461 g/mol. The van der Waals surface area contributed by atoms with Gasteiger partial charge < -0.3 is 14.8 Å². The Morgan fingerprint density at radius 2 is 1.88 bits per heavy atom. The van der Waals surface area contributed by atoms with Gasteiger partial charge in [-0.2, -0.15) is 0 Å². The zero-order valence-corrected chi connectivity index (χ0v) is 19.7. The molecule has 0 aliphatic carbocycles. The molecule has 1 aliphatic heterocycles. The fraction of sp³-hybridized carbons (Fsp3) is 0.435. The van der Waals surface area contributed by atoms with Crippen LogP contribution in [0.5, 0.6) is 5.75 Å². The van der Waals surface area contributed by atoms with Crippen molar-refractivity contribution in [1.29, 1.82) is 0 Å². The van der Waals surface area contributed by atoms with E-state index in [-0.39, 0.29) is 6.54 Å². The summed E-state index contributed by atoms with van der Waals surface area (Å²) in [4.78, 5) is 15.0. The Labute approximate surface area is 190 Å². The lowest BCUT2D eigenvalue weighted by molar-refractivity contribution is -0.119.